The van der Waals surface area contributed by atoms with Gasteiger partial charge in [-0.15, -0.1) is 0 Å². The van der Waals surface area contributed by atoms with Crippen molar-refractivity contribution in [2.75, 3.05) is 17.1 Å². The molecule has 1 amide bonds. The van der Waals surface area contributed by atoms with E-state index in [9.17, 15) is 13.2 Å². The number of anilines is 1. The summed E-state index contributed by atoms with van der Waals surface area (Å²) in [5, 5.41) is 3.42. The van der Waals surface area contributed by atoms with Crippen LogP contribution in [-0.2, 0) is 21.4 Å². The Hall–Kier alpha value is -2.05. The maximum atomic E-state index is 12.2. The summed E-state index contributed by atoms with van der Waals surface area (Å²) in [6, 6.07) is 12.9. The first-order valence-corrected chi connectivity index (χ1v) is 11.0. The van der Waals surface area contributed by atoms with Crippen molar-refractivity contribution >= 4 is 33.2 Å². The molecule has 0 atom stereocenters. The predicted molar refractivity (Wildman–Crippen MR) is 111 cm³/mol. The molecule has 0 saturated heterocycles. The normalized spacial score (nSPS) is 11.3. The van der Waals surface area contributed by atoms with E-state index in [0.717, 1.165) is 16.7 Å². The molecule has 2 aromatic rings. The standard InChI is InChI=1S/C20H25ClN2O3S/c1-15-10-11-18(13-16(15)2)23(27(3,25)26)12-6-9-20(24)22-14-17-7-4-5-8-19(17)21/h4-5,7-8,10-11,13H,6,9,12,14H2,1-3H3,(H,22,24). The van der Waals surface area contributed by atoms with Crippen LogP contribution in [0.1, 0.15) is 29.5 Å². The van der Waals surface area contributed by atoms with Crippen LogP contribution in [0.15, 0.2) is 42.5 Å². The first-order chi connectivity index (χ1) is 12.7. The largest absolute Gasteiger partial charge is 0.352 e. The van der Waals surface area contributed by atoms with E-state index in [4.69, 9.17) is 11.6 Å². The van der Waals surface area contributed by atoms with Gasteiger partial charge in [0.05, 0.1) is 11.9 Å². The fourth-order valence-corrected chi connectivity index (χ4v) is 3.83. The highest BCUT2D eigenvalue weighted by Gasteiger charge is 2.18. The first-order valence-electron chi connectivity index (χ1n) is 8.73. The fraction of sp³-hybridized carbons (Fsp3) is 0.350. The molecule has 0 spiro atoms. The van der Waals surface area contributed by atoms with E-state index in [0.29, 0.717) is 23.7 Å². The molecule has 1 N–H and O–H groups in total. The molecule has 0 radical (unpaired) electrons. The highest BCUT2D eigenvalue weighted by Crippen LogP contribution is 2.22. The second kappa shape index (κ2) is 9.24. The van der Waals surface area contributed by atoms with E-state index in [1.807, 2.05) is 44.2 Å². The van der Waals surface area contributed by atoms with Crippen LogP contribution >= 0.6 is 11.6 Å². The van der Waals surface area contributed by atoms with Crippen molar-refractivity contribution < 1.29 is 13.2 Å². The molecule has 2 aromatic carbocycles. The summed E-state index contributed by atoms with van der Waals surface area (Å²) < 4.78 is 25.7. The molecule has 0 aliphatic carbocycles. The highest BCUT2D eigenvalue weighted by molar-refractivity contribution is 7.92. The highest BCUT2D eigenvalue weighted by atomic mass is 35.5. The predicted octanol–water partition coefficient (Wildman–Crippen LogP) is 3.82. The maximum absolute atomic E-state index is 12.2. The van der Waals surface area contributed by atoms with Gasteiger partial charge in [0.25, 0.3) is 0 Å². The molecule has 0 aliphatic heterocycles. The van der Waals surface area contributed by atoms with Crippen LogP contribution in [-0.4, -0.2) is 27.1 Å². The lowest BCUT2D eigenvalue weighted by molar-refractivity contribution is -0.121. The molecular weight excluding hydrogens is 384 g/mol. The van der Waals surface area contributed by atoms with Crippen molar-refractivity contribution in [1.29, 1.82) is 0 Å². The molecule has 0 fully saturated rings. The number of hydrogen-bond donors (Lipinski definition) is 1. The fourth-order valence-electron chi connectivity index (χ4n) is 2.67. The van der Waals surface area contributed by atoms with Gasteiger partial charge in [-0.3, -0.25) is 9.10 Å². The summed E-state index contributed by atoms with van der Waals surface area (Å²) in [5.74, 6) is -0.136. The minimum atomic E-state index is -3.42. The summed E-state index contributed by atoms with van der Waals surface area (Å²) in [6.45, 7) is 4.53. The average molecular weight is 409 g/mol. The minimum Gasteiger partial charge on any atom is -0.352 e. The maximum Gasteiger partial charge on any atom is 0.232 e. The number of aryl methyl sites for hydroxylation is 2. The van der Waals surface area contributed by atoms with Gasteiger partial charge in [-0.1, -0.05) is 35.9 Å². The smallest absolute Gasteiger partial charge is 0.232 e. The summed E-state index contributed by atoms with van der Waals surface area (Å²) >= 11 is 6.07. The van der Waals surface area contributed by atoms with Gasteiger partial charge in [-0.05, 0) is 55.2 Å². The van der Waals surface area contributed by atoms with E-state index in [-0.39, 0.29) is 18.9 Å². The lowest BCUT2D eigenvalue weighted by atomic mass is 10.1. The van der Waals surface area contributed by atoms with Crippen molar-refractivity contribution in [3.63, 3.8) is 0 Å². The Labute approximate surface area is 166 Å². The van der Waals surface area contributed by atoms with E-state index in [2.05, 4.69) is 5.32 Å². The summed E-state index contributed by atoms with van der Waals surface area (Å²) in [6.07, 6.45) is 1.84. The molecule has 7 heteroatoms. The summed E-state index contributed by atoms with van der Waals surface area (Å²) in [5.41, 5.74) is 3.60. The van der Waals surface area contributed by atoms with Crippen LogP contribution < -0.4 is 9.62 Å². The Balaban J connectivity index is 1.92. The van der Waals surface area contributed by atoms with Crippen LogP contribution in [0.25, 0.3) is 0 Å². The number of halogens is 1. The third kappa shape index (κ3) is 6.26. The number of nitrogens with one attached hydrogen (secondary N) is 1. The van der Waals surface area contributed by atoms with Gasteiger partial charge in [-0.2, -0.15) is 0 Å². The van der Waals surface area contributed by atoms with Gasteiger partial charge in [-0.25, -0.2) is 8.42 Å². The lowest BCUT2D eigenvalue weighted by Crippen LogP contribution is -2.32. The van der Waals surface area contributed by atoms with Crippen molar-refractivity contribution in [3.8, 4) is 0 Å². The zero-order chi connectivity index (χ0) is 20.0. The first kappa shape index (κ1) is 21.3. The van der Waals surface area contributed by atoms with E-state index < -0.39 is 10.0 Å². The number of benzene rings is 2. The number of nitrogens with zero attached hydrogens (tertiary/aromatic N) is 1. The SMILES string of the molecule is Cc1ccc(N(CCCC(=O)NCc2ccccc2Cl)S(C)(=O)=O)cc1C. The summed E-state index contributed by atoms with van der Waals surface area (Å²) in [4.78, 5) is 12.1. The molecule has 0 aromatic heterocycles. The van der Waals surface area contributed by atoms with E-state index >= 15 is 0 Å². The van der Waals surface area contributed by atoms with Gasteiger partial charge in [0.15, 0.2) is 0 Å². The number of amides is 1. The molecule has 0 aliphatic rings. The van der Waals surface area contributed by atoms with Crippen molar-refractivity contribution in [3.05, 3.63) is 64.2 Å². The van der Waals surface area contributed by atoms with Crippen molar-refractivity contribution in [1.82, 2.24) is 5.32 Å². The molecule has 5 nitrogen and oxygen atoms in total. The molecule has 2 rings (SSSR count). The average Bonchev–Trinajstić information content (AvgIpc) is 2.59. The monoisotopic (exact) mass is 408 g/mol. The van der Waals surface area contributed by atoms with E-state index in [1.165, 1.54) is 10.6 Å². The minimum absolute atomic E-state index is 0.136. The molecule has 0 heterocycles. The van der Waals surface area contributed by atoms with Crippen LogP contribution in [0.2, 0.25) is 5.02 Å². The third-order valence-electron chi connectivity index (χ3n) is 4.38. The second-order valence-corrected chi connectivity index (χ2v) is 8.89. The van der Waals surface area contributed by atoms with Gasteiger partial charge in [0, 0.05) is 24.5 Å². The zero-order valence-electron chi connectivity index (χ0n) is 15.8. The number of carbonyl (C=O) groups excluding carboxylic acids is 1. The molecule has 146 valence electrons. The zero-order valence-corrected chi connectivity index (χ0v) is 17.4. The van der Waals surface area contributed by atoms with Gasteiger partial charge < -0.3 is 5.32 Å². The third-order valence-corrected chi connectivity index (χ3v) is 5.94. The van der Waals surface area contributed by atoms with Crippen LogP contribution in [0.4, 0.5) is 5.69 Å². The Morgan fingerprint density at radius 1 is 1.11 bits per heavy atom. The van der Waals surface area contributed by atoms with Gasteiger partial charge >= 0.3 is 0 Å². The number of sulfonamides is 1. The molecule has 0 bridgehead atoms. The van der Waals surface area contributed by atoms with Crippen LogP contribution in [0.3, 0.4) is 0 Å². The van der Waals surface area contributed by atoms with Gasteiger partial charge in [0.2, 0.25) is 15.9 Å². The summed E-state index contributed by atoms with van der Waals surface area (Å²) in [7, 11) is -3.42. The van der Waals surface area contributed by atoms with Crippen molar-refractivity contribution in [2.45, 2.75) is 33.2 Å². The number of carbonyl (C=O) groups is 1. The van der Waals surface area contributed by atoms with Crippen LogP contribution in [0.5, 0.6) is 0 Å². The van der Waals surface area contributed by atoms with E-state index in [1.54, 1.807) is 12.1 Å². The number of rotatable bonds is 8. The Bertz CT molecular complexity index is 913. The van der Waals surface area contributed by atoms with Crippen LogP contribution in [0, 0.1) is 13.8 Å². The number of hydrogen-bond acceptors (Lipinski definition) is 3. The van der Waals surface area contributed by atoms with Crippen molar-refractivity contribution in [2.24, 2.45) is 0 Å². The second-order valence-electron chi connectivity index (χ2n) is 6.58. The molecule has 0 unspecified atom stereocenters. The molecule has 0 saturated carbocycles. The Morgan fingerprint density at radius 3 is 2.44 bits per heavy atom. The molecular formula is C20H25ClN2O3S. The quantitative estimate of drug-likeness (QED) is 0.722. The Morgan fingerprint density at radius 2 is 1.81 bits per heavy atom. The Kier molecular flexibility index (Phi) is 7.27. The topological polar surface area (TPSA) is 66.5 Å². The molecule has 27 heavy (non-hydrogen) atoms. The lowest BCUT2D eigenvalue weighted by Gasteiger charge is -2.23. The van der Waals surface area contributed by atoms with Gasteiger partial charge in [0.1, 0.15) is 0 Å².